The van der Waals surface area contributed by atoms with E-state index in [4.69, 9.17) is 9.47 Å². The number of likely N-dealkylation sites (tertiary alicyclic amines) is 1. The molecule has 2 aliphatic heterocycles. The van der Waals surface area contributed by atoms with Gasteiger partial charge in [0.25, 0.3) is 0 Å². The summed E-state index contributed by atoms with van der Waals surface area (Å²) in [4.78, 5) is 29.6. The van der Waals surface area contributed by atoms with E-state index in [0.717, 1.165) is 45.4 Å². The number of hydrogen-bond acceptors (Lipinski definition) is 6. The van der Waals surface area contributed by atoms with E-state index in [0.29, 0.717) is 26.2 Å². The fraction of sp³-hybridized carbons (Fsp3) is 0.700. The summed E-state index contributed by atoms with van der Waals surface area (Å²) < 4.78 is 10.8. The molecule has 2 fully saturated rings. The quantitative estimate of drug-likeness (QED) is 0.714. The summed E-state index contributed by atoms with van der Waals surface area (Å²) in [5, 5.41) is 5.21. The number of piperidine rings is 1. The molecule has 8 heteroatoms. The van der Waals surface area contributed by atoms with Gasteiger partial charge in [0.1, 0.15) is 0 Å². The van der Waals surface area contributed by atoms with Gasteiger partial charge in [-0.1, -0.05) is 6.07 Å². The van der Waals surface area contributed by atoms with Gasteiger partial charge in [-0.25, -0.2) is 4.79 Å². The van der Waals surface area contributed by atoms with Crippen LogP contribution in [0.25, 0.3) is 0 Å². The Morgan fingerprint density at radius 3 is 2.82 bits per heavy atom. The largest absolute Gasteiger partial charge is 0.450 e. The predicted molar refractivity (Wildman–Crippen MR) is 108 cm³/mol. The molecule has 2 aliphatic rings. The molecule has 0 bridgehead atoms. The van der Waals surface area contributed by atoms with Crippen molar-refractivity contribution in [1.82, 2.24) is 15.1 Å². The van der Waals surface area contributed by atoms with Crippen molar-refractivity contribution in [3.63, 3.8) is 0 Å². The Bertz CT molecular complexity index is 611. The summed E-state index contributed by atoms with van der Waals surface area (Å²) in [5.41, 5.74) is 0. The van der Waals surface area contributed by atoms with E-state index in [2.05, 4.69) is 21.7 Å². The average molecular weight is 410 g/mol. The molecule has 0 unspecified atom stereocenters. The van der Waals surface area contributed by atoms with Crippen LogP contribution in [0.1, 0.15) is 37.5 Å². The monoisotopic (exact) mass is 409 g/mol. The van der Waals surface area contributed by atoms with Gasteiger partial charge in [0.05, 0.1) is 19.3 Å². The predicted octanol–water partition coefficient (Wildman–Crippen LogP) is 2.47. The molecule has 28 heavy (non-hydrogen) atoms. The summed E-state index contributed by atoms with van der Waals surface area (Å²) in [6, 6.07) is 4.27. The van der Waals surface area contributed by atoms with Crippen LogP contribution >= 0.6 is 11.3 Å². The molecule has 2 amide bonds. The molecule has 1 aromatic heterocycles. The van der Waals surface area contributed by atoms with Crippen molar-refractivity contribution in [2.24, 2.45) is 0 Å². The highest BCUT2D eigenvalue weighted by Gasteiger charge is 2.26. The first kappa shape index (κ1) is 21.1. The van der Waals surface area contributed by atoms with Crippen LogP contribution in [0, 0.1) is 0 Å². The lowest BCUT2D eigenvalue weighted by Crippen LogP contribution is -2.49. The minimum atomic E-state index is -0.258. The lowest BCUT2D eigenvalue weighted by Gasteiger charge is -2.32. The smallest absolute Gasteiger partial charge is 0.409 e. The molecule has 1 N–H and O–H groups in total. The van der Waals surface area contributed by atoms with Gasteiger partial charge in [0.2, 0.25) is 5.91 Å². The fourth-order valence-electron chi connectivity index (χ4n) is 3.78. The molecule has 1 atom stereocenters. The Morgan fingerprint density at radius 2 is 2.18 bits per heavy atom. The van der Waals surface area contributed by atoms with Crippen molar-refractivity contribution < 1.29 is 19.1 Å². The fourth-order valence-corrected chi connectivity index (χ4v) is 4.53. The summed E-state index contributed by atoms with van der Waals surface area (Å²) in [6.45, 7) is 6.19. The third-order valence-electron chi connectivity index (χ3n) is 5.20. The van der Waals surface area contributed by atoms with Gasteiger partial charge < -0.3 is 19.7 Å². The SMILES string of the molecule is CCOC(=O)N1CCC(NC(=O)CN(Cc2cccs2)C[C@@H]2CCCO2)CC1. The summed E-state index contributed by atoms with van der Waals surface area (Å²) in [7, 11) is 0. The van der Waals surface area contributed by atoms with E-state index in [1.54, 1.807) is 16.2 Å². The Kier molecular flexibility index (Phi) is 8.12. The molecule has 2 saturated heterocycles. The Balaban J connectivity index is 1.45. The van der Waals surface area contributed by atoms with Crippen LogP contribution in [0.2, 0.25) is 0 Å². The van der Waals surface area contributed by atoms with Crippen molar-refractivity contribution in [1.29, 1.82) is 0 Å². The van der Waals surface area contributed by atoms with Crippen LogP contribution < -0.4 is 5.32 Å². The van der Waals surface area contributed by atoms with Crippen LogP contribution in [0.3, 0.4) is 0 Å². The molecule has 0 spiro atoms. The van der Waals surface area contributed by atoms with Gasteiger partial charge in [-0.3, -0.25) is 9.69 Å². The maximum Gasteiger partial charge on any atom is 0.409 e. The molecule has 0 aliphatic carbocycles. The second-order valence-electron chi connectivity index (χ2n) is 7.41. The number of hydrogen-bond donors (Lipinski definition) is 1. The highest BCUT2D eigenvalue weighted by atomic mass is 32.1. The third-order valence-corrected chi connectivity index (χ3v) is 6.06. The molecule has 3 heterocycles. The molecular weight excluding hydrogens is 378 g/mol. The van der Waals surface area contributed by atoms with Gasteiger partial charge in [-0.2, -0.15) is 0 Å². The number of rotatable bonds is 8. The van der Waals surface area contributed by atoms with E-state index in [1.165, 1.54) is 4.88 Å². The number of nitrogens with one attached hydrogen (secondary N) is 1. The third kappa shape index (κ3) is 6.46. The molecule has 1 aromatic rings. The molecule has 7 nitrogen and oxygen atoms in total. The Labute approximate surface area is 171 Å². The first-order valence-corrected chi connectivity index (χ1v) is 11.1. The van der Waals surface area contributed by atoms with Crippen LogP contribution in [0.15, 0.2) is 17.5 Å². The van der Waals surface area contributed by atoms with Gasteiger partial charge in [-0.15, -0.1) is 11.3 Å². The molecular formula is C20H31N3O4S. The first-order chi connectivity index (χ1) is 13.6. The Hall–Kier alpha value is -1.64. The number of carbonyl (C=O) groups is 2. The van der Waals surface area contributed by atoms with Crippen molar-refractivity contribution in [2.45, 2.75) is 51.3 Å². The molecule has 0 radical (unpaired) electrons. The number of amides is 2. The van der Waals surface area contributed by atoms with Crippen LogP contribution in [-0.4, -0.2) is 73.3 Å². The van der Waals surface area contributed by atoms with Crippen molar-refractivity contribution >= 4 is 23.3 Å². The zero-order valence-corrected chi connectivity index (χ0v) is 17.4. The summed E-state index contributed by atoms with van der Waals surface area (Å²) in [6.07, 6.45) is 3.66. The number of thiophene rings is 1. The van der Waals surface area contributed by atoms with Crippen LogP contribution in [-0.2, 0) is 20.8 Å². The van der Waals surface area contributed by atoms with E-state index in [9.17, 15) is 9.59 Å². The van der Waals surface area contributed by atoms with E-state index in [1.807, 2.05) is 13.0 Å². The van der Waals surface area contributed by atoms with Crippen molar-refractivity contribution in [3.8, 4) is 0 Å². The van der Waals surface area contributed by atoms with Gasteiger partial charge >= 0.3 is 6.09 Å². The lowest BCUT2D eigenvalue weighted by molar-refractivity contribution is -0.123. The highest BCUT2D eigenvalue weighted by molar-refractivity contribution is 7.09. The second kappa shape index (κ2) is 10.8. The van der Waals surface area contributed by atoms with Crippen LogP contribution in [0.4, 0.5) is 4.79 Å². The van der Waals surface area contributed by atoms with Crippen molar-refractivity contribution in [2.75, 3.05) is 39.4 Å². The summed E-state index contributed by atoms with van der Waals surface area (Å²) in [5.74, 6) is 0.0455. The molecule has 156 valence electrons. The summed E-state index contributed by atoms with van der Waals surface area (Å²) >= 11 is 1.72. The maximum absolute atomic E-state index is 12.6. The lowest BCUT2D eigenvalue weighted by atomic mass is 10.1. The highest BCUT2D eigenvalue weighted by Crippen LogP contribution is 2.17. The van der Waals surface area contributed by atoms with E-state index in [-0.39, 0.29) is 24.1 Å². The zero-order chi connectivity index (χ0) is 19.8. The van der Waals surface area contributed by atoms with Gasteiger partial charge in [-0.05, 0) is 44.1 Å². The topological polar surface area (TPSA) is 71.1 Å². The molecule has 0 saturated carbocycles. The van der Waals surface area contributed by atoms with Crippen molar-refractivity contribution in [3.05, 3.63) is 22.4 Å². The number of ether oxygens (including phenoxy) is 2. The minimum Gasteiger partial charge on any atom is -0.450 e. The average Bonchev–Trinajstić information content (AvgIpc) is 3.36. The van der Waals surface area contributed by atoms with E-state index < -0.39 is 0 Å². The standard InChI is InChI=1S/C20H31N3O4S/c1-2-26-20(25)23-9-7-16(8-10-23)21-19(24)15-22(13-17-5-3-11-27-17)14-18-6-4-12-28-18/h4,6,12,16-17H,2-3,5,7-11,13-15H2,1H3,(H,21,24)/t17-/m0/s1. The molecule has 3 rings (SSSR count). The number of carbonyl (C=O) groups excluding carboxylic acids is 2. The second-order valence-corrected chi connectivity index (χ2v) is 8.44. The number of nitrogens with zero attached hydrogens (tertiary/aromatic N) is 2. The minimum absolute atomic E-state index is 0.0455. The van der Waals surface area contributed by atoms with Crippen LogP contribution in [0.5, 0.6) is 0 Å². The first-order valence-electron chi connectivity index (χ1n) is 10.2. The van der Waals surface area contributed by atoms with Gasteiger partial charge in [0, 0.05) is 43.7 Å². The Morgan fingerprint density at radius 1 is 1.36 bits per heavy atom. The van der Waals surface area contributed by atoms with E-state index >= 15 is 0 Å². The molecule has 0 aromatic carbocycles. The van der Waals surface area contributed by atoms with Gasteiger partial charge in [0.15, 0.2) is 0 Å². The zero-order valence-electron chi connectivity index (χ0n) is 16.6. The maximum atomic E-state index is 12.6. The normalized spacial score (nSPS) is 20.5.